The standard InChI is InChI=1S/C24H29F2N5O6.C4H8/c1-11(2)20(27)24(36)37-10-18(32)16(6-12-3-4-28-22(12)34)30-19(33)9-29-23(35)17-7-13-5-14(25)8-15(26)21(13)31-17;1-4-2-3-4/h5,7-8,11-12,16,20,31H,3-4,6,9-10,27H2,1-2H3,(H,28,34)(H,29,35)(H,30,33);4H,2-3H2,1H3. The van der Waals surface area contributed by atoms with Gasteiger partial charge in [-0.1, -0.05) is 33.6 Å². The van der Waals surface area contributed by atoms with Gasteiger partial charge in [-0.05, 0) is 36.8 Å². The number of benzene rings is 1. The number of amides is 3. The summed E-state index contributed by atoms with van der Waals surface area (Å²) in [5.41, 5.74) is 5.55. The van der Waals surface area contributed by atoms with Gasteiger partial charge < -0.3 is 31.4 Å². The largest absolute Gasteiger partial charge is 0.456 e. The second-order valence-corrected chi connectivity index (χ2v) is 10.9. The molecule has 2 heterocycles. The molecule has 6 N–H and O–H groups in total. The summed E-state index contributed by atoms with van der Waals surface area (Å²) < 4.78 is 32.3. The van der Waals surface area contributed by atoms with E-state index >= 15 is 0 Å². The molecule has 1 saturated heterocycles. The molecule has 41 heavy (non-hydrogen) atoms. The second kappa shape index (κ2) is 14.2. The average molecular weight is 578 g/mol. The summed E-state index contributed by atoms with van der Waals surface area (Å²) in [7, 11) is 0. The number of rotatable bonds is 11. The lowest BCUT2D eigenvalue weighted by Gasteiger charge is -2.21. The van der Waals surface area contributed by atoms with Crippen LogP contribution in [-0.2, 0) is 23.9 Å². The molecule has 11 nitrogen and oxygen atoms in total. The zero-order valence-corrected chi connectivity index (χ0v) is 23.4. The van der Waals surface area contributed by atoms with Gasteiger partial charge in [-0.25, -0.2) is 8.78 Å². The number of H-pyrrole nitrogens is 1. The van der Waals surface area contributed by atoms with Crippen LogP contribution >= 0.6 is 0 Å². The predicted molar refractivity (Wildman–Crippen MR) is 145 cm³/mol. The highest BCUT2D eigenvalue weighted by molar-refractivity contribution is 6.00. The number of hydrogen-bond donors (Lipinski definition) is 5. The van der Waals surface area contributed by atoms with Crippen molar-refractivity contribution in [2.45, 2.75) is 58.5 Å². The number of aromatic nitrogens is 1. The maximum absolute atomic E-state index is 13.9. The number of carbonyl (C=O) groups excluding carboxylic acids is 5. The van der Waals surface area contributed by atoms with Crippen molar-refractivity contribution in [2.75, 3.05) is 19.7 Å². The van der Waals surface area contributed by atoms with Gasteiger partial charge in [0.25, 0.3) is 5.91 Å². The van der Waals surface area contributed by atoms with E-state index in [1.165, 1.54) is 18.9 Å². The molecule has 2 aromatic rings. The van der Waals surface area contributed by atoms with Gasteiger partial charge in [0.05, 0.1) is 18.1 Å². The van der Waals surface area contributed by atoms with E-state index in [1.807, 2.05) is 0 Å². The van der Waals surface area contributed by atoms with E-state index in [4.69, 9.17) is 10.5 Å². The van der Waals surface area contributed by atoms with Crippen molar-refractivity contribution in [3.63, 3.8) is 0 Å². The van der Waals surface area contributed by atoms with E-state index in [0.29, 0.717) is 19.0 Å². The molecular formula is C28H37F2N5O6. The number of ketones is 1. The number of ether oxygens (including phenoxy) is 1. The molecule has 1 aromatic carbocycles. The Labute approximate surface area is 236 Å². The third-order valence-corrected chi connectivity index (χ3v) is 6.92. The van der Waals surface area contributed by atoms with Gasteiger partial charge in [-0.15, -0.1) is 0 Å². The van der Waals surface area contributed by atoms with Crippen LogP contribution in [0.2, 0.25) is 0 Å². The lowest BCUT2D eigenvalue weighted by Crippen LogP contribution is -2.48. The fourth-order valence-electron chi connectivity index (χ4n) is 3.99. The zero-order valence-electron chi connectivity index (χ0n) is 23.4. The molecular weight excluding hydrogens is 540 g/mol. The molecule has 224 valence electrons. The number of nitrogens with one attached hydrogen (secondary N) is 4. The third-order valence-electron chi connectivity index (χ3n) is 6.92. The Morgan fingerprint density at radius 3 is 2.39 bits per heavy atom. The highest BCUT2D eigenvalue weighted by atomic mass is 19.1. The molecule has 0 radical (unpaired) electrons. The monoisotopic (exact) mass is 577 g/mol. The molecule has 1 aliphatic heterocycles. The summed E-state index contributed by atoms with van der Waals surface area (Å²) in [5, 5.41) is 7.58. The lowest BCUT2D eigenvalue weighted by molar-refractivity contribution is -0.151. The highest BCUT2D eigenvalue weighted by Crippen LogP contribution is 2.26. The first kappa shape index (κ1) is 31.7. The van der Waals surface area contributed by atoms with Crippen LogP contribution in [0.3, 0.4) is 0 Å². The number of fused-ring (bicyclic) bond motifs is 1. The molecule has 2 fully saturated rings. The second-order valence-electron chi connectivity index (χ2n) is 10.9. The van der Waals surface area contributed by atoms with Crippen LogP contribution in [0.1, 0.15) is 56.9 Å². The molecule has 3 amide bonds. The third kappa shape index (κ3) is 9.34. The molecule has 1 saturated carbocycles. The molecule has 0 spiro atoms. The molecule has 4 rings (SSSR count). The van der Waals surface area contributed by atoms with Crippen LogP contribution in [-0.4, -0.2) is 66.2 Å². The summed E-state index contributed by atoms with van der Waals surface area (Å²) in [6.45, 7) is 4.94. The van der Waals surface area contributed by atoms with Gasteiger partial charge in [0.2, 0.25) is 11.8 Å². The maximum Gasteiger partial charge on any atom is 0.323 e. The highest BCUT2D eigenvalue weighted by Gasteiger charge is 2.32. The van der Waals surface area contributed by atoms with E-state index in [9.17, 15) is 32.8 Å². The van der Waals surface area contributed by atoms with Crippen LogP contribution in [0.25, 0.3) is 10.9 Å². The summed E-state index contributed by atoms with van der Waals surface area (Å²) in [4.78, 5) is 64.2. The minimum Gasteiger partial charge on any atom is -0.456 e. The normalized spacial score (nSPS) is 17.7. The van der Waals surface area contributed by atoms with Crippen molar-refractivity contribution >= 4 is 40.4 Å². The van der Waals surface area contributed by atoms with Crippen LogP contribution in [0.4, 0.5) is 8.78 Å². The SMILES string of the molecule is CC(C)C(N)C(=O)OCC(=O)C(CC1CCNC1=O)NC(=O)CNC(=O)c1cc2cc(F)cc(F)c2[nH]1.CC1CC1. The van der Waals surface area contributed by atoms with Crippen molar-refractivity contribution in [2.24, 2.45) is 23.5 Å². The average Bonchev–Trinajstić information content (AvgIpc) is 3.40. The Kier molecular flexibility index (Phi) is 10.9. The first-order chi connectivity index (χ1) is 19.3. The summed E-state index contributed by atoms with van der Waals surface area (Å²) >= 11 is 0. The predicted octanol–water partition coefficient (Wildman–Crippen LogP) is 1.70. The number of halogens is 2. The number of aromatic amines is 1. The fraction of sp³-hybridized carbons (Fsp3) is 0.536. The molecule has 3 atom stereocenters. The van der Waals surface area contributed by atoms with Crippen molar-refractivity contribution in [1.29, 1.82) is 0 Å². The van der Waals surface area contributed by atoms with Gasteiger partial charge in [-0.3, -0.25) is 24.0 Å². The quantitative estimate of drug-likeness (QED) is 0.253. The van der Waals surface area contributed by atoms with Crippen LogP contribution in [0.5, 0.6) is 0 Å². The molecule has 13 heteroatoms. The van der Waals surface area contributed by atoms with E-state index in [0.717, 1.165) is 12.0 Å². The minimum atomic E-state index is -1.16. The van der Waals surface area contributed by atoms with E-state index in [1.54, 1.807) is 13.8 Å². The van der Waals surface area contributed by atoms with Crippen molar-refractivity contribution in [3.8, 4) is 0 Å². The van der Waals surface area contributed by atoms with Gasteiger partial charge in [0, 0.05) is 23.9 Å². The smallest absolute Gasteiger partial charge is 0.323 e. The van der Waals surface area contributed by atoms with Gasteiger partial charge in [0.15, 0.2) is 12.4 Å². The Morgan fingerprint density at radius 2 is 1.80 bits per heavy atom. The van der Waals surface area contributed by atoms with Crippen LogP contribution < -0.4 is 21.7 Å². The van der Waals surface area contributed by atoms with Crippen LogP contribution in [0.15, 0.2) is 18.2 Å². The maximum atomic E-state index is 13.9. The lowest BCUT2D eigenvalue weighted by atomic mass is 9.96. The summed E-state index contributed by atoms with van der Waals surface area (Å²) in [6.07, 6.45) is 3.41. The number of esters is 1. The Balaban J connectivity index is 0.00000106. The van der Waals surface area contributed by atoms with E-state index in [2.05, 4.69) is 27.9 Å². The Morgan fingerprint density at radius 1 is 1.12 bits per heavy atom. The molecule has 1 aliphatic carbocycles. The number of carbonyl (C=O) groups is 5. The van der Waals surface area contributed by atoms with E-state index in [-0.39, 0.29) is 34.8 Å². The van der Waals surface area contributed by atoms with Crippen molar-refractivity contribution < 1.29 is 37.5 Å². The topological polar surface area (TPSA) is 172 Å². The molecule has 0 bridgehead atoms. The van der Waals surface area contributed by atoms with Crippen molar-refractivity contribution in [1.82, 2.24) is 20.9 Å². The molecule has 3 unspecified atom stereocenters. The number of hydrogen-bond acceptors (Lipinski definition) is 7. The van der Waals surface area contributed by atoms with E-state index < -0.39 is 66.4 Å². The van der Waals surface area contributed by atoms with Crippen LogP contribution in [0, 0.1) is 29.4 Å². The van der Waals surface area contributed by atoms with Gasteiger partial charge in [-0.2, -0.15) is 0 Å². The van der Waals surface area contributed by atoms with Gasteiger partial charge >= 0.3 is 5.97 Å². The zero-order chi connectivity index (χ0) is 30.3. The summed E-state index contributed by atoms with van der Waals surface area (Å²) in [6, 6.07) is 0.867. The van der Waals surface area contributed by atoms with Gasteiger partial charge in [0.1, 0.15) is 23.4 Å². The summed E-state index contributed by atoms with van der Waals surface area (Å²) in [5.74, 6) is -4.52. The first-order valence-electron chi connectivity index (χ1n) is 13.6. The molecule has 1 aromatic heterocycles. The minimum absolute atomic E-state index is 0.0228. The molecule has 2 aliphatic rings. The number of nitrogens with two attached hydrogens (primary N) is 1. The Hall–Kier alpha value is -3.87. The first-order valence-corrected chi connectivity index (χ1v) is 13.6. The van der Waals surface area contributed by atoms with Crippen molar-refractivity contribution in [3.05, 3.63) is 35.5 Å². The number of Topliss-reactive ketones (excluding diaryl/α,β-unsaturated/α-hetero) is 1. The fourth-order valence-corrected chi connectivity index (χ4v) is 3.99. The Bertz CT molecular complexity index is 1290.